The maximum atomic E-state index is 12.9. The first-order valence-electron chi connectivity index (χ1n) is 10.1. The van der Waals surface area contributed by atoms with Crippen LogP contribution in [0, 0.1) is 5.92 Å². The molecule has 1 fully saturated rings. The van der Waals surface area contributed by atoms with E-state index in [1.165, 1.54) is 0 Å². The summed E-state index contributed by atoms with van der Waals surface area (Å²) in [5, 5.41) is 9.09. The van der Waals surface area contributed by atoms with Gasteiger partial charge in [-0.3, -0.25) is 14.4 Å². The van der Waals surface area contributed by atoms with Gasteiger partial charge in [-0.15, -0.1) is 0 Å². The van der Waals surface area contributed by atoms with Gasteiger partial charge in [-0.1, -0.05) is 31.5 Å². The fraction of sp³-hybridized carbons (Fsp3) is 0.348. The van der Waals surface area contributed by atoms with Crippen LogP contribution in [0.1, 0.15) is 53.8 Å². The Bertz CT molecular complexity index is 924. The summed E-state index contributed by atoms with van der Waals surface area (Å²) in [6, 6.07) is 12.8. The van der Waals surface area contributed by atoms with Crippen LogP contribution in [0.4, 0.5) is 5.69 Å². The maximum absolute atomic E-state index is 12.9. The highest BCUT2D eigenvalue weighted by molar-refractivity contribution is 6.30. The van der Waals surface area contributed by atoms with Crippen LogP contribution in [0.3, 0.4) is 0 Å². The van der Waals surface area contributed by atoms with Crippen molar-refractivity contribution in [3.05, 3.63) is 64.7 Å². The number of rotatable bonds is 8. The molecule has 158 valence electrons. The van der Waals surface area contributed by atoms with E-state index in [4.69, 9.17) is 11.6 Å². The molecule has 7 heteroatoms. The molecule has 1 unspecified atom stereocenters. The van der Waals surface area contributed by atoms with Crippen molar-refractivity contribution in [1.29, 1.82) is 0 Å². The number of halogens is 1. The predicted molar refractivity (Wildman–Crippen MR) is 118 cm³/mol. The molecule has 0 saturated heterocycles. The molecule has 0 bridgehead atoms. The third-order valence-corrected chi connectivity index (χ3v) is 4.99. The fourth-order valence-electron chi connectivity index (χ4n) is 3.01. The van der Waals surface area contributed by atoms with Crippen LogP contribution in [0.25, 0.3) is 0 Å². The zero-order valence-electron chi connectivity index (χ0n) is 17.1. The van der Waals surface area contributed by atoms with Gasteiger partial charge in [0, 0.05) is 27.9 Å². The molecule has 3 N–H and O–H groups in total. The first kappa shape index (κ1) is 21.8. The van der Waals surface area contributed by atoms with E-state index in [-0.39, 0.29) is 29.7 Å². The van der Waals surface area contributed by atoms with E-state index in [2.05, 4.69) is 16.0 Å². The molecule has 30 heavy (non-hydrogen) atoms. The van der Waals surface area contributed by atoms with Crippen LogP contribution < -0.4 is 16.0 Å². The maximum Gasteiger partial charge on any atom is 0.251 e. The lowest BCUT2D eigenvalue weighted by Crippen LogP contribution is -2.44. The summed E-state index contributed by atoms with van der Waals surface area (Å²) in [4.78, 5) is 37.7. The average molecular weight is 428 g/mol. The van der Waals surface area contributed by atoms with Gasteiger partial charge in [-0.25, -0.2) is 0 Å². The molecule has 2 aromatic carbocycles. The van der Waals surface area contributed by atoms with Crippen molar-refractivity contribution in [3.63, 3.8) is 0 Å². The Hall–Kier alpha value is -2.86. The van der Waals surface area contributed by atoms with Gasteiger partial charge < -0.3 is 16.0 Å². The molecule has 3 amide bonds. The first-order chi connectivity index (χ1) is 14.3. The topological polar surface area (TPSA) is 87.3 Å². The summed E-state index contributed by atoms with van der Waals surface area (Å²) in [7, 11) is 0. The normalized spacial score (nSPS) is 14.1. The highest BCUT2D eigenvalue weighted by Crippen LogP contribution is 2.20. The molecule has 6 nitrogen and oxygen atoms in total. The lowest BCUT2D eigenvalue weighted by molar-refractivity contribution is -0.118. The van der Waals surface area contributed by atoms with Crippen molar-refractivity contribution in [2.75, 3.05) is 5.32 Å². The number of anilines is 1. The van der Waals surface area contributed by atoms with Crippen LogP contribution >= 0.6 is 11.6 Å². The summed E-state index contributed by atoms with van der Waals surface area (Å²) in [5.74, 6) is -0.624. The highest BCUT2D eigenvalue weighted by Gasteiger charge is 2.25. The van der Waals surface area contributed by atoms with Gasteiger partial charge in [0.1, 0.15) is 6.04 Å². The third-order valence-electron chi connectivity index (χ3n) is 4.74. The van der Waals surface area contributed by atoms with Gasteiger partial charge in [-0.05, 0) is 67.6 Å². The summed E-state index contributed by atoms with van der Waals surface area (Å²) >= 11 is 5.87. The predicted octanol–water partition coefficient (Wildman–Crippen LogP) is 4.02. The van der Waals surface area contributed by atoms with E-state index in [1.807, 2.05) is 13.8 Å². The molecule has 1 atom stereocenters. The Balaban J connectivity index is 1.68. The van der Waals surface area contributed by atoms with E-state index in [9.17, 15) is 14.4 Å². The van der Waals surface area contributed by atoms with E-state index < -0.39 is 6.04 Å². The largest absolute Gasteiger partial charge is 0.349 e. The number of hydrogen-bond acceptors (Lipinski definition) is 3. The van der Waals surface area contributed by atoms with Crippen molar-refractivity contribution in [2.45, 2.75) is 45.2 Å². The van der Waals surface area contributed by atoms with Crippen molar-refractivity contribution in [2.24, 2.45) is 5.92 Å². The second kappa shape index (κ2) is 9.76. The SMILES string of the molecule is CC(C)CC(NC(=O)c1ccc(Cl)cc1)C(=O)Nc1cccc(C(=O)NC2CC2)c1. The minimum atomic E-state index is -0.711. The summed E-state index contributed by atoms with van der Waals surface area (Å²) in [6.07, 6.45) is 2.49. The van der Waals surface area contributed by atoms with Crippen LogP contribution in [-0.4, -0.2) is 29.8 Å². The number of hydrogen-bond donors (Lipinski definition) is 3. The molecule has 0 heterocycles. The number of carbonyl (C=O) groups excluding carboxylic acids is 3. The Morgan fingerprint density at radius 1 is 1.00 bits per heavy atom. The Morgan fingerprint density at radius 2 is 1.70 bits per heavy atom. The smallest absolute Gasteiger partial charge is 0.251 e. The molecular formula is C23H26ClN3O3. The lowest BCUT2D eigenvalue weighted by atomic mass is 10.0. The monoisotopic (exact) mass is 427 g/mol. The van der Waals surface area contributed by atoms with Crippen LogP contribution in [-0.2, 0) is 4.79 Å². The van der Waals surface area contributed by atoms with Gasteiger partial charge in [0.2, 0.25) is 5.91 Å². The second-order valence-corrected chi connectivity index (χ2v) is 8.42. The number of carbonyl (C=O) groups is 3. The zero-order chi connectivity index (χ0) is 21.7. The average Bonchev–Trinajstić information content (AvgIpc) is 3.51. The Labute approximate surface area is 181 Å². The fourth-order valence-corrected chi connectivity index (χ4v) is 3.14. The number of amides is 3. The lowest BCUT2D eigenvalue weighted by Gasteiger charge is -2.20. The zero-order valence-corrected chi connectivity index (χ0v) is 17.8. The van der Waals surface area contributed by atoms with Crippen LogP contribution in [0.5, 0.6) is 0 Å². The minimum absolute atomic E-state index is 0.150. The molecule has 0 spiro atoms. The van der Waals surface area contributed by atoms with Crippen molar-refractivity contribution < 1.29 is 14.4 Å². The van der Waals surface area contributed by atoms with Crippen LogP contribution in [0.2, 0.25) is 5.02 Å². The molecular weight excluding hydrogens is 402 g/mol. The van der Waals surface area contributed by atoms with Gasteiger partial charge in [0.05, 0.1) is 0 Å². The van der Waals surface area contributed by atoms with E-state index in [1.54, 1.807) is 48.5 Å². The van der Waals surface area contributed by atoms with Crippen molar-refractivity contribution in [1.82, 2.24) is 10.6 Å². The van der Waals surface area contributed by atoms with Gasteiger partial charge in [0.15, 0.2) is 0 Å². The minimum Gasteiger partial charge on any atom is -0.349 e. The van der Waals surface area contributed by atoms with Gasteiger partial charge in [0.25, 0.3) is 11.8 Å². The van der Waals surface area contributed by atoms with Crippen molar-refractivity contribution >= 4 is 35.0 Å². The molecule has 0 radical (unpaired) electrons. The molecule has 2 aromatic rings. The Kier molecular flexibility index (Phi) is 7.11. The molecule has 1 aliphatic carbocycles. The highest BCUT2D eigenvalue weighted by atomic mass is 35.5. The number of nitrogens with one attached hydrogen (secondary N) is 3. The van der Waals surface area contributed by atoms with E-state index >= 15 is 0 Å². The second-order valence-electron chi connectivity index (χ2n) is 7.98. The molecule has 3 rings (SSSR count). The third kappa shape index (κ3) is 6.32. The van der Waals surface area contributed by atoms with Gasteiger partial charge >= 0.3 is 0 Å². The standard InChI is InChI=1S/C23H26ClN3O3/c1-14(2)12-20(27-21(28)15-6-8-17(24)9-7-15)23(30)26-19-5-3-4-16(13-19)22(29)25-18-10-11-18/h3-9,13-14,18,20H,10-12H2,1-2H3,(H,25,29)(H,26,30)(H,27,28). The van der Waals surface area contributed by atoms with E-state index in [0.29, 0.717) is 28.3 Å². The summed E-state index contributed by atoms with van der Waals surface area (Å²) < 4.78 is 0. The van der Waals surface area contributed by atoms with E-state index in [0.717, 1.165) is 12.8 Å². The van der Waals surface area contributed by atoms with Gasteiger partial charge in [-0.2, -0.15) is 0 Å². The summed E-state index contributed by atoms with van der Waals surface area (Å²) in [5.41, 5.74) is 1.43. The summed E-state index contributed by atoms with van der Waals surface area (Å²) in [6.45, 7) is 3.97. The Morgan fingerprint density at radius 3 is 2.33 bits per heavy atom. The molecule has 1 saturated carbocycles. The molecule has 1 aliphatic rings. The number of benzene rings is 2. The van der Waals surface area contributed by atoms with Crippen LogP contribution in [0.15, 0.2) is 48.5 Å². The molecule has 0 aliphatic heterocycles. The molecule has 0 aromatic heterocycles. The van der Waals surface area contributed by atoms with Crippen molar-refractivity contribution in [3.8, 4) is 0 Å². The first-order valence-corrected chi connectivity index (χ1v) is 10.5. The quantitative estimate of drug-likeness (QED) is 0.594.